The molecule has 1 saturated carbocycles. The van der Waals surface area contributed by atoms with Crippen LogP contribution in [0, 0.1) is 5.92 Å². The lowest BCUT2D eigenvalue weighted by molar-refractivity contribution is -0.132. The van der Waals surface area contributed by atoms with E-state index in [9.17, 15) is 9.59 Å². The average Bonchev–Trinajstić information content (AvgIpc) is 3.33. The first-order valence-electron chi connectivity index (χ1n) is 9.93. The summed E-state index contributed by atoms with van der Waals surface area (Å²) in [6, 6.07) is 17.6. The molecule has 2 aromatic carbocycles. The van der Waals surface area contributed by atoms with E-state index in [2.05, 4.69) is 5.32 Å². The molecule has 2 fully saturated rings. The summed E-state index contributed by atoms with van der Waals surface area (Å²) < 4.78 is 5.37. The number of likely N-dealkylation sites (tertiary alicyclic amines) is 1. The van der Waals surface area contributed by atoms with Crippen molar-refractivity contribution in [3.8, 4) is 5.75 Å². The van der Waals surface area contributed by atoms with Crippen molar-refractivity contribution in [2.45, 2.75) is 37.8 Å². The van der Waals surface area contributed by atoms with Crippen LogP contribution in [0.25, 0.3) is 0 Å². The molecule has 0 spiro atoms. The van der Waals surface area contributed by atoms with Gasteiger partial charge in [0.2, 0.25) is 5.91 Å². The van der Waals surface area contributed by atoms with Gasteiger partial charge in [-0.3, -0.25) is 9.59 Å². The van der Waals surface area contributed by atoms with E-state index in [1.165, 1.54) is 0 Å². The van der Waals surface area contributed by atoms with Crippen molar-refractivity contribution < 1.29 is 14.3 Å². The number of carbonyl (C=O) groups is 2. The number of piperidine rings is 1. The number of nitrogens with zero attached hydrogens (tertiary/aromatic N) is 1. The van der Waals surface area contributed by atoms with E-state index >= 15 is 0 Å². The van der Waals surface area contributed by atoms with Crippen molar-refractivity contribution in [2.24, 2.45) is 5.92 Å². The van der Waals surface area contributed by atoms with Gasteiger partial charge in [0.25, 0.3) is 5.91 Å². The number of hydrogen-bond donors (Lipinski definition) is 1. The molecular weight excluding hydrogens is 352 g/mol. The van der Waals surface area contributed by atoms with Gasteiger partial charge in [0.05, 0.1) is 7.11 Å². The number of rotatable bonds is 6. The molecule has 5 nitrogen and oxygen atoms in total. The molecule has 0 radical (unpaired) electrons. The standard InChI is InChI=1S/C23H26N2O3/c1-28-21-10-6-5-7-16(21)11-12-22(26)25-15-18-13-19(25)14-20(18)24-23(27)17-8-3-2-4-9-17/h2-10,18-20H,11-15H2,1H3,(H,24,27). The fraction of sp³-hybridized carbons (Fsp3) is 0.391. The van der Waals surface area contributed by atoms with Gasteiger partial charge >= 0.3 is 0 Å². The second-order valence-corrected chi connectivity index (χ2v) is 7.69. The first kappa shape index (κ1) is 18.5. The van der Waals surface area contributed by atoms with Gasteiger partial charge in [-0.25, -0.2) is 0 Å². The van der Waals surface area contributed by atoms with Gasteiger partial charge in [-0.15, -0.1) is 0 Å². The smallest absolute Gasteiger partial charge is 0.251 e. The van der Waals surface area contributed by atoms with Crippen LogP contribution in [-0.2, 0) is 11.2 Å². The number of amides is 2. The second kappa shape index (κ2) is 8.05. The second-order valence-electron chi connectivity index (χ2n) is 7.69. The summed E-state index contributed by atoms with van der Waals surface area (Å²) in [5.41, 5.74) is 1.76. The highest BCUT2D eigenvalue weighted by atomic mass is 16.5. The molecule has 146 valence electrons. The van der Waals surface area contributed by atoms with E-state index in [4.69, 9.17) is 4.74 Å². The van der Waals surface area contributed by atoms with E-state index < -0.39 is 0 Å². The molecule has 2 aliphatic rings. The lowest BCUT2D eigenvalue weighted by Crippen LogP contribution is -2.47. The lowest BCUT2D eigenvalue weighted by Gasteiger charge is -2.32. The zero-order valence-corrected chi connectivity index (χ0v) is 16.1. The summed E-state index contributed by atoms with van der Waals surface area (Å²) in [5.74, 6) is 1.37. The number of nitrogens with one attached hydrogen (secondary N) is 1. The minimum absolute atomic E-state index is 0.0211. The Bertz CT molecular complexity index is 852. The Hall–Kier alpha value is -2.82. The summed E-state index contributed by atoms with van der Waals surface area (Å²) in [4.78, 5) is 27.2. The van der Waals surface area contributed by atoms with Crippen LogP contribution in [0.5, 0.6) is 5.75 Å². The van der Waals surface area contributed by atoms with E-state index in [1.54, 1.807) is 7.11 Å². The zero-order chi connectivity index (χ0) is 19.5. The van der Waals surface area contributed by atoms with Gasteiger partial charge in [-0.05, 0) is 48.9 Å². The maximum Gasteiger partial charge on any atom is 0.251 e. The van der Waals surface area contributed by atoms with Crippen molar-refractivity contribution in [2.75, 3.05) is 13.7 Å². The first-order valence-corrected chi connectivity index (χ1v) is 9.93. The first-order chi connectivity index (χ1) is 13.7. The highest BCUT2D eigenvalue weighted by molar-refractivity contribution is 5.94. The van der Waals surface area contributed by atoms with Crippen molar-refractivity contribution in [3.63, 3.8) is 0 Å². The Morgan fingerprint density at radius 3 is 2.54 bits per heavy atom. The van der Waals surface area contributed by atoms with Crippen LogP contribution >= 0.6 is 0 Å². The third-order valence-corrected chi connectivity index (χ3v) is 6.02. The van der Waals surface area contributed by atoms with Gasteiger partial charge in [0.1, 0.15) is 5.75 Å². The van der Waals surface area contributed by atoms with Crippen LogP contribution in [0.2, 0.25) is 0 Å². The summed E-state index contributed by atoms with van der Waals surface area (Å²) in [7, 11) is 1.66. The Morgan fingerprint density at radius 1 is 1.07 bits per heavy atom. The molecule has 2 amide bonds. The predicted octanol–water partition coefficient (Wildman–Crippen LogP) is 3.05. The van der Waals surface area contributed by atoms with E-state index in [0.717, 1.165) is 30.7 Å². The maximum atomic E-state index is 12.8. The number of aryl methyl sites for hydroxylation is 1. The van der Waals surface area contributed by atoms with Gasteiger partial charge < -0.3 is 15.0 Å². The van der Waals surface area contributed by atoms with Crippen molar-refractivity contribution in [3.05, 3.63) is 65.7 Å². The van der Waals surface area contributed by atoms with Crippen LogP contribution < -0.4 is 10.1 Å². The number of benzene rings is 2. The molecule has 3 unspecified atom stereocenters. The van der Waals surface area contributed by atoms with Crippen molar-refractivity contribution in [1.82, 2.24) is 10.2 Å². The minimum atomic E-state index is -0.0211. The average molecular weight is 378 g/mol. The monoisotopic (exact) mass is 378 g/mol. The van der Waals surface area contributed by atoms with Crippen LogP contribution in [0.1, 0.15) is 35.2 Å². The molecule has 2 bridgehead atoms. The molecule has 3 atom stereocenters. The Balaban J connectivity index is 1.30. The number of para-hydroxylation sites is 1. The van der Waals surface area contributed by atoms with Crippen LogP contribution in [0.15, 0.2) is 54.6 Å². The number of ether oxygens (including phenoxy) is 1. The Morgan fingerprint density at radius 2 is 1.82 bits per heavy atom. The number of methoxy groups -OCH3 is 1. The molecule has 28 heavy (non-hydrogen) atoms. The van der Waals surface area contributed by atoms with Gasteiger partial charge in [0, 0.05) is 30.6 Å². The highest BCUT2D eigenvalue weighted by Crippen LogP contribution is 2.38. The molecule has 2 aromatic rings. The van der Waals surface area contributed by atoms with Gasteiger partial charge in [-0.1, -0.05) is 36.4 Å². The SMILES string of the molecule is COc1ccccc1CCC(=O)N1CC2CC1CC2NC(=O)c1ccccc1. The van der Waals surface area contributed by atoms with Crippen molar-refractivity contribution in [1.29, 1.82) is 0 Å². The minimum Gasteiger partial charge on any atom is -0.496 e. The fourth-order valence-corrected chi connectivity index (χ4v) is 4.57. The Labute approximate surface area is 165 Å². The summed E-state index contributed by atoms with van der Waals surface area (Å²) in [5, 5.41) is 3.17. The largest absolute Gasteiger partial charge is 0.496 e. The van der Waals surface area contributed by atoms with Crippen molar-refractivity contribution >= 4 is 11.8 Å². The number of fused-ring (bicyclic) bond motifs is 2. The molecule has 1 heterocycles. The summed E-state index contributed by atoms with van der Waals surface area (Å²) >= 11 is 0. The lowest BCUT2D eigenvalue weighted by atomic mass is 10.0. The van der Waals surface area contributed by atoms with Gasteiger partial charge in [-0.2, -0.15) is 0 Å². The summed E-state index contributed by atoms with van der Waals surface area (Å²) in [6.45, 7) is 0.745. The fourth-order valence-electron chi connectivity index (χ4n) is 4.57. The maximum absolute atomic E-state index is 12.8. The predicted molar refractivity (Wildman–Crippen MR) is 107 cm³/mol. The number of hydrogen-bond acceptors (Lipinski definition) is 3. The third kappa shape index (κ3) is 3.75. The van der Waals surface area contributed by atoms with Gasteiger partial charge in [0.15, 0.2) is 0 Å². The van der Waals surface area contributed by atoms with E-state index in [0.29, 0.717) is 24.3 Å². The molecule has 4 rings (SSSR count). The van der Waals surface area contributed by atoms with Crippen LogP contribution in [-0.4, -0.2) is 42.5 Å². The number of carbonyl (C=O) groups excluding carboxylic acids is 2. The quantitative estimate of drug-likeness (QED) is 0.841. The van der Waals surface area contributed by atoms with Crippen LogP contribution in [0.4, 0.5) is 0 Å². The normalized spacial score (nSPS) is 22.9. The highest BCUT2D eigenvalue weighted by Gasteiger charge is 2.46. The molecule has 0 aromatic heterocycles. The third-order valence-electron chi connectivity index (χ3n) is 6.02. The van der Waals surface area contributed by atoms with E-state index in [1.807, 2.05) is 59.5 Å². The van der Waals surface area contributed by atoms with E-state index in [-0.39, 0.29) is 23.9 Å². The zero-order valence-electron chi connectivity index (χ0n) is 16.1. The topological polar surface area (TPSA) is 58.6 Å². The molecule has 5 heteroatoms. The molecular formula is C23H26N2O3. The van der Waals surface area contributed by atoms with Crippen LogP contribution in [0.3, 0.4) is 0 Å². The molecule has 1 aliphatic carbocycles. The Kier molecular flexibility index (Phi) is 5.33. The molecule has 1 aliphatic heterocycles. The molecule has 1 saturated heterocycles. The summed E-state index contributed by atoms with van der Waals surface area (Å²) in [6.07, 6.45) is 3.01. The molecule has 1 N–H and O–H groups in total.